The zero-order chi connectivity index (χ0) is 12.7. The van der Waals surface area contributed by atoms with Crippen molar-refractivity contribution in [3.8, 4) is 11.8 Å². The van der Waals surface area contributed by atoms with Crippen molar-refractivity contribution in [2.45, 2.75) is 26.3 Å². The molecule has 0 aliphatic rings. The maximum absolute atomic E-state index is 11.2. The molecule has 0 saturated carbocycles. The third-order valence-electron chi connectivity index (χ3n) is 2.28. The molecule has 1 aromatic carbocycles. The largest absolute Gasteiger partial charge is 0.494 e. The van der Waals surface area contributed by atoms with E-state index in [9.17, 15) is 4.79 Å². The average Bonchev–Trinajstić information content (AvgIpc) is 2.37. The summed E-state index contributed by atoms with van der Waals surface area (Å²) < 4.78 is 5.31. The third kappa shape index (κ3) is 3.80. The molecule has 1 aromatic rings. The first kappa shape index (κ1) is 13.0. The van der Waals surface area contributed by atoms with Gasteiger partial charge in [-0.3, -0.25) is 4.79 Å². The van der Waals surface area contributed by atoms with Gasteiger partial charge in [0.2, 0.25) is 5.91 Å². The van der Waals surface area contributed by atoms with E-state index in [0.29, 0.717) is 13.0 Å². The summed E-state index contributed by atoms with van der Waals surface area (Å²) in [5, 5.41) is 11.6. The summed E-state index contributed by atoms with van der Waals surface area (Å²) in [5.41, 5.74) is 0.762. The Kier molecular flexibility index (Phi) is 5.02. The molecule has 90 valence electrons. The molecule has 0 aliphatic carbocycles. The van der Waals surface area contributed by atoms with Gasteiger partial charge in [-0.25, -0.2) is 0 Å². The molecular weight excluding hydrogens is 216 g/mol. The van der Waals surface area contributed by atoms with Crippen LogP contribution in [0.3, 0.4) is 0 Å². The standard InChI is InChI=1S/C13H16N2O2/c1-3-13(16)15-12(9-14)10-5-7-11(8-6-10)17-4-2/h5-8,12H,3-4H2,1-2H3,(H,15,16). The van der Waals surface area contributed by atoms with E-state index in [-0.39, 0.29) is 5.91 Å². The minimum atomic E-state index is -0.599. The molecule has 0 saturated heterocycles. The number of benzene rings is 1. The molecule has 1 rings (SSSR count). The first-order valence-electron chi connectivity index (χ1n) is 5.63. The molecule has 0 aromatic heterocycles. The van der Waals surface area contributed by atoms with Crippen LogP contribution in [0.2, 0.25) is 0 Å². The molecule has 0 radical (unpaired) electrons. The molecule has 17 heavy (non-hydrogen) atoms. The first-order valence-corrected chi connectivity index (χ1v) is 5.63. The lowest BCUT2D eigenvalue weighted by Crippen LogP contribution is -2.26. The second-order valence-electron chi connectivity index (χ2n) is 3.49. The number of nitrogens with one attached hydrogen (secondary N) is 1. The smallest absolute Gasteiger partial charge is 0.221 e. The number of hydrogen-bond donors (Lipinski definition) is 1. The number of ether oxygens (including phenoxy) is 1. The normalized spacial score (nSPS) is 11.4. The van der Waals surface area contributed by atoms with E-state index in [1.54, 1.807) is 31.2 Å². The number of rotatable bonds is 5. The number of carbonyl (C=O) groups excluding carboxylic acids is 1. The SMILES string of the molecule is CCOc1ccc(C(C#N)NC(=O)CC)cc1. The molecule has 1 unspecified atom stereocenters. The molecule has 0 fully saturated rings. The van der Waals surface area contributed by atoms with Gasteiger partial charge in [-0.2, -0.15) is 5.26 Å². The van der Waals surface area contributed by atoms with E-state index >= 15 is 0 Å². The highest BCUT2D eigenvalue weighted by Gasteiger charge is 2.12. The van der Waals surface area contributed by atoms with Crippen LogP contribution >= 0.6 is 0 Å². The maximum atomic E-state index is 11.2. The van der Waals surface area contributed by atoms with Crippen molar-refractivity contribution in [1.29, 1.82) is 5.26 Å². The summed E-state index contributed by atoms with van der Waals surface area (Å²) in [6, 6.07) is 8.62. The van der Waals surface area contributed by atoms with E-state index in [0.717, 1.165) is 11.3 Å². The van der Waals surface area contributed by atoms with Crippen LogP contribution in [0.1, 0.15) is 31.9 Å². The van der Waals surface area contributed by atoms with Gasteiger partial charge in [-0.15, -0.1) is 0 Å². The second-order valence-corrected chi connectivity index (χ2v) is 3.49. The van der Waals surface area contributed by atoms with Crippen molar-refractivity contribution < 1.29 is 9.53 Å². The molecular formula is C13H16N2O2. The van der Waals surface area contributed by atoms with Crippen molar-refractivity contribution in [3.63, 3.8) is 0 Å². The number of nitrogens with zero attached hydrogens (tertiary/aromatic N) is 1. The second kappa shape index (κ2) is 6.54. The lowest BCUT2D eigenvalue weighted by molar-refractivity contribution is -0.121. The van der Waals surface area contributed by atoms with Crippen LogP contribution in [0.4, 0.5) is 0 Å². The summed E-state index contributed by atoms with van der Waals surface area (Å²) in [4.78, 5) is 11.2. The van der Waals surface area contributed by atoms with Crippen LogP contribution in [0, 0.1) is 11.3 Å². The lowest BCUT2D eigenvalue weighted by atomic mass is 10.1. The van der Waals surface area contributed by atoms with Gasteiger partial charge in [0, 0.05) is 6.42 Å². The highest BCUT2D eigenvalue weighted by Crippen LogP contribution is 2.17. The molecule has 0 heterocycles. The van der Waals surface area contributed by atoms with Gasteiger partial charge in [0.1, 0.15) is 11.8 Å². The molecule has 4 heteroatoms. The fraction of sp³-hybridized carbons (Fsp3) is 0.385. The van der Waals surface area contributed by atoms with Crippen molar-refractivity contribution in [1.82, 2.24) is 5.32 Å². The van der Waals surface area contributed by atoms with E-state index < -0.39 is 6.04 Å². The van der Waals surface area contributed by atoms with Crippen LogP contribution in [0.5, 0.6) is 5.75 Å². The minimum Gasteiger partial charge on any atom is -0.494 e. The Morgan fingerprint density at radius 1 is 1.41 bits per heavy atom. The highest BCUT2D eigenvalue weighted by atomic mass is 16.5. The summed E-state index contributed by atoms with van der Waals surface area (Å²) in [7, 11) is 0. The summed E-state index contributed by atoms with van der Waals surface area (Å²) >= 11 is 0. The Hall–Kier alpha value is -2.02. The Bertz CT molecular complexity index is 406. The van der Waals surface area contributed by atoms with Gasteiger partial charge in [0.15, 0.2) is 0 Å². The van der Waals surface area contributed by atoms with E-state index in [2.05, 4.69) is 11.4 Å². The van der Waals surface area contributed by atoms with E-state index in [4.69, 9.17) is 10.00 Å². The highest BCUT2D eigenvalue weighted by molar-refractivity contribution is 5.76. The number of amides is 1. The van der Waals surface area contributed by atoms with Crippen molar-refractivity contribution in [2.75, 3.05) is 6.61 Å². The zero-order valence-corrected chi connectivity index (χ0v) is 10.1. The topological polar surface area (TPSA) is 62.1 Å². The van der Waals surface area contributed by atoms with Crippen molar-refractivity contribution in [2.24, 2.45) is 0 Å². The maximum Gasteiger partial charge on any atom is 0.221 e. The van der Waals surface area contributed by atoms with Crippen LogP contribution in [-0.2, 0) is 4.79 Å². The molecule has 1 amide bonds. The van der Waals surface area contributed by atoms with E-state index in [1.165, 1.54) is 0 Å². The Labute approximate surface area is 101 Å². The van der Waals surface area contributed by atoms with Crippen LogP contribution in [-0.4, -0.2) is 12.5 Å². The van der Waals surface area contributed by atoms with Crippen LogP contribution < -0.4 is 10.1 Å². The fourth-order valence-electron chi connectivity index (χ4n) is 1.38. The van der Waals surface area contributed by atoms with Gasteiger partial charge >= 0.3 is 0 Å². The van der Waals surface area contributed by atoms with E-state index in [1.807, 2.05) is 6.92 Å². The molecule has 1 N–H and O–H groups in total. The van der Waals surface area contributed by atoms with Crippen LogP contribution in [0.25, 0.3) is 0 Å². The fourth-order valence-corrected chi connectivity index (χ4v) is 1.38. The van der Waals surface area contributed by atoms with Crippen molar-refractivity contribution in [3.05, 3.63) is 29.8 Å². The Balaban J connectivity index is 2.76. The average molecular weight is 232 g/mol. The van der Waals surface area contributed by atoms with Gasteiger partial charge in [0.05, 0.1) is 12.7 Å². The molecule has 4 nitrogen and oxygen atoms in total. The summed E-state index contributed by atoms with van der Waals surface area (Å²) in [6.45, 7) is 4.27. The summed E-state index contributed by atoms with van der Waals surface area (Å²) in [5.74, 6) is 0.625. The van der Waals surface area contributed by atoms with Gasteiger partial charge in [-0.05, 0) is 24.6 Å². The first-order chi connectivity index (χ1) is 8.21. The monoisotopic (exact) mass is 232 g/mol. The van der Waals surface area contributed by atoms with Crippen molar-refractivity contribution >= 4 is 5.91 Å². The zero-order valence-electron chi connectivity index (χ0n) is 10.1. The minimum absolute atomic E-state index is 0.134. The number of hydrogen-bond acceptors (Lipinski definition) is 3. The van der Waals surface area contributed by atoms with Gasteiger partial charge in [-0.1, -0.05) is 19.1 Å². The predicted molar refractivity (Wildman–Crippen MR) is 64.4 cm³/mol. The third-order valence-corrected chi connectivity index (χ3v) is 2.28. The van der Waals surface area contributed by atoms with Gasteiger partial charge in [0.25, 0.3) is 0 Å². The molecule has 1 atom stereocenters. The number of nitriles is 1. The molecule has 0 spiro atoms. The quantitative estimate of drug-likeness (QED) is 0.846. The lowest BCUT2D eigenvalue weighted by Gasteiger charge is -2.11. The van der Waals surface area contributed by atoms with Gasteiger partial charge < -0.3 is 10.1 Å². The molecule has 0 bridgehead atoms. The number of carbonyl (C=O) groups is 1. The molecule has 0 aliphatic heterocycles. The summed E-state index contributed by atoms with van der Waals surface area (Å²) in [6.07, 6.45) is 0.370. The predicted octanol–water partition coefficient (Wildman–Crippen LogP) is 2.18. The Morgan fingerprint density at radius 2 is 2.06 bits per heavy atom. The Morgan fingerprint density at radius 3 is 2.53 bits per heavy atom. The van der Waals surface area contributed by atoms with Crippen LogP contribution in [0.15, 0.2) is 24.3 Å².